The van der Waals surface area contributed by atoms with E-state index < -0.39 is 34.7 Å². The molecule has 0 bridgehead atoms. The van der Waals surface area contributed by atoms with Crippen LogP contribution < -0.4 is 16.1 Å². The predicted molar refractivity (Wildman–Crippen MR) is 195 cm³/mol. The van der Waals surface area contributed by atoms with E-state index in [2.05, 4.69) is 31.9 Å². The van der Waals surface area contributed by atoms with Gasteiger partial charge in [0, 0.05) is 21.9 Å². The van der Waals surface area contributed by atoms with Crippen LogP contribution in [-0.2, 0) is 21.5 Å². The van der Waals surface area contributed by atoms with E-state index in [1.165, 1.54) is 22.5 Å². The average Bonchev–Trinajstić information content (AvgIpc) is 3.41. The molecule has 1 aromatic heterocycles. The van der Waals surface area contributed by atoms with Crippen LogP contribution in [0.5, 0.6) is 11.5 Å². The number of ether oxygens (including phenoxy) is 1. The number of hydrogen-bond donors (Lipinski definition) is 1. The molecule has 0 saturated heterocycles. The number of Topliss-reactive ketones (excluding diaryl/α,β-unsaturated/α-hetero) is 1. The molecular formula is C39H29Br2N3O6. The molecule has 0 amide bonds. The first-order chi connectivity index (χ1) is 24.2. The highest BCUT2D eigenvalue weighted by Crippen LogP contribution is 2.63. The van der Waals surface area contributed by atoms with Crippen LogP contribution in [0.15, 0.2) is 133 Å². The Hall–Kier alpha value is -5.00. The zero-order valence-electron chi connectivity index (χ0n) is 26.6. The van der Waals surface area contributed by atoms with Crippen LogP contribution in [-0.4, -0.2) is 37.7 Å². The van der Waals surface area contributed by atoms with Crippen LogP contribution >= 0.6 is 31.9 Å². The van der Waals surface area contributed by atoms with Crippen LogP contribution in [0.3, 0.4) is 0 Å². The van der Waals surface area contributed by atoms with E-state index in [4.69, 9.17) is 4.74 Å². The summed E-state index contributed by atoms with van der Waals surface area (Å²) in [5.41, 5.74) is 0.755. The molecule has 8 rings (SSSR count). The monoisotopic (exact) mass is 793 g/mol. The van der Waals surface area contributed by atoms with Crippen molar-refractivity contribution in [3.63, 3.8) is 0 Å². The van der Waals surface area contributed by atoms with E-state index in [1.807, 2.05) is 60.7 Å². The fourth-order valence-corrected chi connectivity index (χ4v) is 9.21. The molecule has 2 heterocycles. The first kappa shape index (κ1) is 32.2. The second kappa shape index (κ2) is 12.1. The molecule has 0 radical (unpaired) electrons. The van der Waals surface area contributed by atoms with E-state index in [1.54, 1.807) is 42.5 Å². The van der Waals surface area contributed by atoms with Crippen molar-refractivity contribution >= 4 is 49.0 Å². The Morgan fingerprint density at radius 2 is 1.48 bits per heavy atom. The molecule has 1 fully saturated rings. The van der Waals surface area contributed by atoms with E-state index in [9.17, 15) is 14.7 Å². The number of methoxy groups -OCH3 is 1. The van der Waals surface area contributed by atoms with Crippen molar-refractivity contribution in [3.8, 4) is 17.2 Å². The number of para-hydroxylation sites is 1. The number of benzene rings is 4. The second-order valence-electron chi connectivity index (χ2n) is 12.6. The molecule has 5 aromatic rings. The molecule has 0 unspecified atom stereocenters. The Labute approximate surface area is 303 Å². The summed E-state index contributed by atoms with van der Waals surface area (Å²) in [4.78, 5) is 58.6. The minimum absolute atomic E-state index is 0.0625. The number of phenols is 1. The van der Waals surface area contributed by atoms with Crippen molar-refractivity contribution in [2.75, 3.05) is 7.11 Å². The van der Waals surface area contributed by atoms with Gasteiger partial charge in [-0.2, -0.15) is 0 Å². The summed E-state index contributed by atoms with van der Waals surface area (Å²) >= 11 is 7.22. The van der Waals surface area contributed by atoms with Gasteiger partial charge in [-0.15, -0.1) is 0 Å². The first-order valence-electron chi connectivity index (χ1n) is 16.1. The second-order valence-corrected chi connectivity index (χ2v) is 14.2. The van der Waals surface area contributed by atoms with Gasteiger partial charge < -0.3 is 9.84 Å². The van der Waals surface area contributed by atoms with Gasteiger partial charge in [0.25, 0.3) is 0 Å². The Bertz CT molecular complexity index is 2400. The highest BCUT2D eigenvalue weighted by atomic mass is 79.9. The number of ketones is 2. The molecule has 0 spiro atoms. The van der Waals surface area contributed by atoms with Crippen molar-refractivity contribution in [1.29, 1.82) is 0 Å². The Morgan fingerprint density at radius 3 is 2.14 bits per heavy atom. The lowest BCUT2D eigenvalue weighted by molar-refractivity contribution is -0.133. The smallest absolute Gasteiger partial charge is 0.352 e. The number of carbonyl (C=O) groups excluding carboxylic acids is 2. The van der Waals surface area contributed by atoms with Crippen LogP contribution in [0.25, 0.3) is 11.3 Å². The molecule has 4 aromatic carbocycles. The van der Waals surface area contributed by atoms with Crippen LogP contribution in [0.1, 0.15) is 35.1 Å². The maximum atomic E-state index is 15.2. The maximum Gasteiger partial charge on any atom is 0.352 e. The van der Waals surface area contributed by atoms with Crippen molar-refractivity contribution in [2.45, 2.75) is 30.3 Å². The summed E-state index contributed by atoms with van der Waals surface area (Å²) in [5.74, 6) is -2.27. The molecule has 2 aliphatic carbocycles. The molecule has 4 atom stereocenters. The number of nitrogens with zero attached hydrogens (tertiary/aromatic N) is 3. The van der Waals surface area contributed by atoms with Gasteiger partial charge in [0.1, 0.15) is 0 Å². The van der Waals surface area contributed by atoms with Crippen LogP contribution in [0.4, 0.5) is 0 Å². The molecule has 3 aliphatic rings. The number of fused-ring (bicyclic) bond motifs is 4. The summed E-state index contributed by atoms with van der Waals surface area (Å²) in [6.45, 7) is 0.0625. The minimum atomic E-state index is -1.46. The lowest BCUT2D eigenvalue weighted by Crippen LogP contribution is -2.58. The third kappa shape index (κ3) is 4.49. The van der Waals surface area contributed by atoms with Gasteiger partial charge in [-0.3, -0.25) is 9.59 Å². The van der Waals surface area contributed by atoms with E-state index in [-0.39, 0.29) is 36.0 Å². The standard InChI is InChI=1S/C39H29Br2N3O6/c1-50-30-19-27(33(40)34(41)36(30)47)32-25-17-18-42-37(48)43(24-15-9-4-10-16-24)38(49)44(42)29(25)21-28-35(46)26(22-11-5-2-6-12-22)20-31(45)39(28,32)23-13-7-3-8-14-23/h2-17,19-20,28-29,32,47H,18,21H2,1H3/t28-,29+,32+,39-/m0/s1. The molecular weight excluding hydrogens is 766 g/mol. The number of hydrogen-bond acceptors (Lipinski definition) is 6. The normalized spacial score (nSPS) is 22.6. The summed E-state index contributed by atoms with van der Waals surface area (Å²) in [7, 11) is 1.44. The SMILES string of the molecule is COc1cc([C@H]2C3=CCn4c(=O)n(-c5ccccc5)c(=O)n4[C@@H]3C[C@H]3C(=O)C(c4ccccc4)=CC(=O)[C@@]23c2ccccc2)c(Br)c(Br)c1O. The maximum absolute atomic E-state index is 15.2. The van der Waals surface area contributed by atoms with Crippen LogP contribution in [0, 0.1) is 5.92 Å². The lowest BCUT2D eigenvalue weighted by atomic mass is 9.47. The molecule has 50 heavy (non-hydrogen) atoms. The van der Waals surface area contributed by atoms with E-state index in [0.29, 0.717) is 42.5 Å². The quantitative estimate of drug-likeness (QED) is 0.204. The van der Waals surface area contributed by atoms with E-state index in [0.717, 1.165) is 4.57 Å². The van der Waals surface area contributed by atoms with Crippen LogP contribution in [0.2, 0.25) is 0 Å². The predicted octanol–water partition coefficient (Wildman–Crippen LogP) is 6.50. The number of phenolic OH excluding ortho intramolecular Hbond substituents is 1. The topological polar surface area (TPSA) is 113 Å². The summed E-state index contributed by atoms with van der Waals surface area (Å²) in [6.07, 6.45) is 3.45. The highest BCUT2D eigenvalue weighted by Gasteiger charge is 2.63. The number of aromatic hydroxyl groups is 1. The average molecular weight is 795 g/mol. The number of rotatable bonds is 5. The highest BCUT2D eigenvalue weighted by molar-refractivity contribution is 9.13. The Kier molecular flexibility index (Phi) is 7.80. The van der Waals surface area contributed by atoms with Crippen molar-refractivity contribution in [1.82, 2.24) is 13.9 Å². The summed E-state index contributed by atoms with van der Waals surface area (Å²) < 4.78 is 10.4. The zero-order chi connectivity index (χ0) is 34.9. The van der Waals surface area contributed by atoms with Gasteiger partial charge >= 0.3 is 11.4 Å². The van der Waals surface area contributed by atoms with Gasteiger partial charge in [-0.1, -0.05) is 84.9 Å². The Balaban J connectivity index is 1.46. The molecule has 1 N–H and O–H groups in total. The van der Waals surface area contributed by atoms with Gasteiger partial charge in [0.15, 0.2) is 23.1 Å². The lowest BCUT2D eigenvalue weighted by Gasteiger charge is -2.54. The Morgan fingerprint density at radius 1 is 0.840 bits per heavy atom. The van der Waals surface area contributed by atoms with Gasteiger partial charge in [-0.05, 0) is 84.8 Å². The number of allylic oxidation sites excluding steroid dienone is 4. The number of halogens is 2. The fraction of sp³-hybridized carbons (Fsp3) is 0.179. The summed E-state index contributed by atoms with van der Waals surface area (Å²) in [6, 6.07) is 28.0. The first-order valence-corrected chi connectivity index (χ1v) is 17.6. The zero-order valence-corrected chi connectivity index (χ0v) is 29.8. The largest absolute Gasteiger partial charge is 0.503 e. The fourth-order valence-electron chi connectivity index (χ4n) is 8.26. The molecule has 1 aliphatic heterocycles. The third-order valence-corrected chi connectivity index (χ3v) is 12.5. The molecule has 250 valence electrons. The third-order valence-electron chi connectivity index (χ3n) is 10.4. The molecule has 1 saturated carbocycles. The minimum Gasteiger partial charge on any atom is -0.503 e. The molecule has 9 nitrogen and oxygen atoms in total. The number of aromatic nitrogens is 3. The van der Waals surface area contributed by atoms with Gasteiger partial charge in [-0.25, -0.2) is 23.5 Å². The van der Waals surface area contributed by atoms with E-state index >= 15 is 9.59 Å². The summed E-state index contributed by atoms with van der Waals surface area (Å²) in [5, 5.41) is 11.0. The van der Waals surface area contributed by atoms with Crippen molar-refractivity contribution in [3.05, 3.63) is 161 Å². The van der Waals surface area contributed by atoms with Crippen molar-refractivity contribution < 1.29 is 19.4 Å². The van der Waals surface area contributed by atoms with Crippen molar-refractivity contribution in [2.24, 2.45) is 5.92 Å². The van der Waals surface area contributed by atoms with Gasteiger partial charge in [0.05, 0.1) is 35.3 Å². The number of carbonyl (C=O) groups is 2. The molecule has 11 heteroatoms. The van der Waals surface area contributed by atoms with Gasteiger partial charge in [0.2, 0.25) is 0 Å².